The van der Waals surface area contributed by atoms with E-state index in [1.54, 1.807) is 4.90 Å². The monoisotopic (exact) mass is 217 g/mol. The Bertz CT molecular complexity index is 411. The topological polar surface area (TPSA) is 29.5 Å². The van der Waals surface area contributed by atoms with Crippen molar-refractivity contribution < 1.29 is 9.53 Å². The second kappa shape index (κ2) is 4.39. The highest BCUT2D eigenvalue weighted by atomic mass is 16.5. The number of carbonyl (C=O) groups excluding carboxylic acids is 1. The fourth-order valence-corrected chi connectivity index (χ4v) is 1.87. The van der Waals surface area contributed by atoms with Crippen LogP contribution < -0.4 is 4.90 Å². The van der Waals surface area contributed by atoms with E-state index in [9.17, 15) is 4.79 Å². The first-order chi connectivity index (χ1) is 7.74. The predicted octanol–water partition coefficient (Wildman–Crippen LogP) is 2.34. The Balaban J connectivity index is 2.24. The van der Waals surface area contributed by atoms with Crippen molar-refractivity contribution in [1.82, 2.24) is 0 Å². The fraction of sp³-hybridized carbons (Fsp3) is 0.308. The van der Waals surface area contributed by atoms with E-state index in [-0.39, 0.29) is 11.9 Å². The molecule has 1 aliphatic heterocycles. The Hall–Kier alpha value is -1.77. The molecule has 84 valence electrons. The van der Waals surface area contributed by atoms with Crippen LogP contribution in [-0.4, -0.2) is 18.6 Å². The van der Waals surface area contributed by atoms with Gasteiger partial charge in [0.05, 0.1) is 12.6 Å². The average Bonchev–Trinajstić information content (AvgIpc) is 2.56. The van der Waals surface area contributed by atoms with Crippen LogP contribution in [0.2, 0.25) is 0 Å². The molecular weight excluding hydrogens is 202 g/mol. The van der Waals surface area contributed by atoms with Crippen molar-refractivity contribution in [3.63, 3.8) is 0 Å². The number of para-hydroxylation sites is 1. The SMILES string of the molecule is CCOC1=CC(C)N(c2ccccc2)C1=O. The number of hydrogen-bond donors (Lipinski definition) is 0. The molecule has 1 atom stereocenters. The molecule has 0 aliphatic carbocycles. The molecule has 0 bridgehead atoms. The van der Waals surface area contributed by atoms with Crippen molar-refractivity contribution in [3.8, 4) is 0 Å². The number of benzene rings is 1. The van der Waals surface area contributed by atoms with E-state index in [1.807, 2.05) is 50.3 Å². The summed E-state index contributed by atoms with van der Waals surface area (Å²) < 4.78 is 5.31. The summed E-state index contributed by atoms with van der Waals surface area (Å²) in [6.07, 6.45) is 1.86. The van der Waals surface area contributed by atoms with Gasteiger partial charge in [-0.05, 0) is 32.1 Å². The summed E-state index contributed by atoms with van der Waals surface area (Å²) in [5, 5.41) is 0. The first-order valence-corrected chi connectivity index (χ1v) is 5.47. The summed E-state index contributed by atoms with van der Waals surface area (Å²) in [5.74, 6) is 0.402. The molecule has 0 saturated heterocycles. The van der Waals surface area contributed by atoms with Crippen LogP contribution in [0.3, 0.4) is 0 Å². The second-order valence-electron chi connectivity index (χ2n) is 3.72. The van der Waals surface area contributed by atoms with Crippen LogP contribution in [0, 0.1) is 0 Å². The molecule has 1 aliphatic rings. The molecule has 3 nitrogen and oxygen atoms in total. The van der Waals surface area contributed by atoms with Crippen molar-refractivity contribution in [2.45, 2.75) is 19.9 Å². The molecule has 2 rings (SSSR count). The Labute approximate surface area is 95.3 Å². The second-order valence-corrected chi connectivity index (χ2v) is 3.72. The van der Waals surface area contributed by atoms with Gasteiger partial charge in [-0.1, -0.05) is 18.2 Å². The minimum absolute atomic E-state index is 0.0523. The van der Waals surface area contributed by atoms with Crippen LogP contribution in [0.5, 0.6) is 0 Å². The van der Waals surface area contributed by atoms with Gasteiger partial charge in [0.25, 0.3) is 5.91 Å². The molecule has 1 heterocycles. The highest BCUT2D eigenvalue weighted by Crippen LogP contribution is 2.25. The van der Waals surface area contributed by atoms with Crippen molar-refractivity contribution in [2.24, 2.45) is 0 Å². The molecular formula is C13H15NO2. The van der Waals surface area contributed by atoms with Crippen LogP contribution in [-0.2, 0) is 9.53 Å². The van der Waals surface area contributed by atoms with Gasteiger partial charge in [0.1, 0.15) is 0 Å². The zero-order valence-corrected chi connectivity index (χ0v) is 9.51. The van der Waals surface area contributed by atoms with Crippen LogP contribution in [0.4, 0.5) is 5.69 Å². The van der Waals surface area contributed by atoms with E-state index in [4.69, 9.17) is 4.74 Å². The zero-order valence-electron chi connectivity index (χ0n) is 9.51. The third kappa shape index (κ3) is 1.81. The Morgan fingerprint density at radius 3 is 2.62 bits per heavy atom. The van der Waals surface area contributed by atoms with E-state index in [1.165, 1.54) is 0 Å². The number of amides is 1. The lowest BCUT2D eigenvalue weighted by Crippen LogP contribution is -2.32. The van der Waals surface area contributed by atoms with Crippen molar-refractivity contribution in [1.29, 1.82) is 0 Å². The van der Waals surface area contributed by atoms with E-state index in [0.29, 0.717) is 12.4 Å². The third-order valence-electron chi connectivity index (χ3n) is 2.56. The normalized spacial score (nSPS) is 19.9. The van der Waals surface area contributed by atoms with Crippen LogP contribution in [0.15, 0.2) is 42.2 Å². The summed E-state index contributed by atoms with van der Waals surface area (Å²) in [6, 6.07) is 9.69. The minimum Gasteiger partial charge on any atom is -0.488 e. The summed E-state index contributed by atoms with van der Waals surface area (Å²) in [7, 11) is 0. The lowest BCUT2D eigenvalue weighted by molar-refractivity contribution is -0.117. The zero-order chi connectivity index (χ0) is 11.5. The van der Waals surface area contributed by atoms with Crippen LogP contribution in [0.25, 0.3) is 0 Å². The molecule has 1 aromatic rings. The molecule has 0 fully saturated rings. The lowest BCUT2D eigenvalue weighted by atomic mass is 10.2. The molecule has 16 heavy (non-hydrogen) atoms. The largest absolute Gasteiger partial charge is 0.488 e. The molecule has 1 aromatic carbocycles. The smallest absolute Gasteiger partial charge is 0.293 e. The molecule has 0 saturated carbocycles. The van der Waals surface area contributed by atoms with E-state index < -0.39 is 0 Å². The standard InChI is InChI=1S/C13H15NO2/c1-3-16-12-9-10(2)14(13(12)15)11-7-5-4-6-8-11/h4-10H,3H2,1-2H3. The van der Waals surface area contributed by atoms with Gasteiger partial charge >= 0.3 is 0 Å². The molecule has 3 heteroatoms. The van der Waals surface area contributed by atoms with Crippen molar-refractivity contribution in [3.05, 3.63) is 42.2 Å². The molecule has 0 spiro atoms. The van der Waals surface area contributed by atoms with Crippen LogP contribution >= 0.6 is 0 Å². The summed E-state index contributed by atoms with van der Waals surface area (Å²) in [5.41, 5.74) is 0.908. The van der Waals surface area contributed by atoms with Crippen molar-refractivity contribution >= 4 is 11.6 Å². The third-order valence-corrected chi connectivity index (χ3v) is 2.56. The Morgan fingerprint density at radius 1 is 1.31 bits per heavy atom. The van der Waals surface area contributed by atoms with Gasteiger partial charge in [-0.2, -0.15) is 0 Å². The van der Waals surface area contributed by atoms with Crippen molar-refractivity contribution in [2.75, 3.05) is 11.5 Å². The minimum atomic E-state index is -0.0550. The number of nitrogens with zero attached hydrogens (tertiary/aromatic N) is 1. The quantitative estimate of drug-likeness (QED) is 0.777. The maximum absolute atomic E-state index is 12.0. The van der Waals surface area contributed by atoms with Gasteiger partial charge in [-0.25, -0.2) is 0 Å². The van der Waals surface area contributed by atoms with E-state index in [2.05, 4.69) is 0 Å². The molecule has 1 amide bonds. The molecule has 0 radical (unpaired) electrons. The van der Waals surface area contributed by atoms with Crippen LogP contribution in [0.1, 0.15) is 13.8 Å². The molecule has 0 aromatic heterocycles. The fourth-order valence-electron chi connectivity index (χ4n) is 1.87. The predicted molar refractivity (Wildman–Crippen MR) is 63.1 cm³/mol. The number of anilines is 1. The molecule has 0 N–H and O–H groups in total. The number of hydrogen-bond acceptors (Lipinski definition) is 2. The maximum Gasteiger partial charge on any atom is 0.293 e. The maximum atomic E-state index is 12.0. The van der Waals surface area contributed by atoms with Gasteiger partial charge in [0.15, 0.2) is 5.76 Å². The highest BCUT2D eigenvalue weighted by Gasteiger charge is 2.31. The number of rotatable bonds is 3. The van der Waals surface area contributed by atoms with Gasteiger partial charge in [-0.15, -0.1) is 0 Å². The van der Waals surface area contributed by atoms with Gasteiger partial charge in [-0.3, -0.25) is 9.69 Å². The summed E-state index contributed by atoms with van der Waals surface area (Å²) >= 11 is 0. The van der Waals surface area contributed by atoms with E-state index in [0.717, 1.165) is 5.69 Å². The van der Waals surface area contributed by atoms with Gasteiger partial charge in [0.2, 0.25) is 0 Å². The van der Waals surface area contributed by atoms with Gasteiger partial charge < -0.3 is 4.74 Å². The summed E-state index contributed by atoms with van der Waals surface area (Å²) in [4.78, 5) is 13.8. The average molecular weight is 217 g/mol. The lowest BCUT2D eigenvalue weighted by Gasteiger charge is -2.21. The van der Waals surface area contributed by atoms with E-state index >= 15 is 0 Å². The first kappa shape index (κ1) is 10.7. The Kier molecular flexibility index (Phi) is 2.95. The van der Waals surface area contributed by atoms with Gasteiger partial charge in [0, 0.05) is 5.69 Å². The summed E-state index contributed by atoms with van der Waals surface area (Å²) in [6.45, 7) is 4.38. The molecule has 1 unspecified atom stereocenters. The Morgan fingerprint density at radius 2 is 2.00 bits per heavy atom. The number of carbonyl (C=O) groups is 1. The number of ether oxygens (including phenoxy) is 1. The first-order valence-electron chi connectivity index (χ1n) is 5.47. The highest BCUT2D eigenvalue weighted by molar-refractivity contribution is 6.07.